The third kappa shape index (κ3) is 2.78. The highest BCUT2D eigenvalue weighted by atomic mass is 32.1. The number of H-pyrrole nitrogens is 1. The minimum atomic E-state index is -0.238. The number of benzene rings is 2. The predicted octanol–water partition coefficient (Wildman–Crippen LogP) is 4.09. The third-order valence-corrected chi connectivity index (χ3v) is 4.84. The lowest BCUT2D eigenvalue weighted by Crippen LogP contribution is -2.28. The first kappa shape index (κ1) is 15.8. The number of hydrogen-bond donors (Lipinski definition) is 2. The Labute approximate surface area is 149 Å². The van der Waals surface area contributed by atoms with Crippen LogP contribution in [0.2, 0.25) is 0 Å². The Balaban J connectivity index is 1.65. The zero-order valence-corrected chi connectivity index (χ0v) is 14.1. The molecule has 0 aliphatic heterocycles. The Kier molecular flexibility index (Phi) is 3.97. The van der Waals surface area contributed by atoms with Gasteiger partial charge in [0, 0.05) is 11.9 Å². The van der Waals surface area contributed by atoms with Gasteiger partial charge in [-0.05, 0) is 54.4 Å². The number of rotatable bonds is 3. The van der Waals surface area contributed by atoms with Gasteiger partial charge in [0.15, 0.2) is 4.77 Å². The first-order chi connectivity index (χ1) is 12.1. The van der Waals surface area contributed by atoms with Crippen molar-refractivity contribution in [2.24, 2.45) is 0 Å². The van der Waals surface area contributed by atoms with Gasteiger partial charge in [-0.3, -0.25) is 9.36 Å². The number of nitrogens with one attached hydrogen (secondary N) is 2. The Morgan fingerprint density at radius 1 is 1.20 bits per heavy atom. The predicted molar refractivity (Wildman–Crippen MR) is 95.9 cm³/mol. The van der Waals surface area contributed by atoms with E-state index in [-0.39, 0.29) is 17.8 Å². The van der Waals surface area contributed by atoms with Crippen molar-refractivity contribution >= 4 is 18.1 Å². The van der Waals surface area contributed by atoms with Gasteiger partial charge >= 0.3 is 0 Å². The molecule has 1 aliphatic carbocycles. The number of fused-ring (bicyclic) bond motifs is 1. The van der Waals surface area contributed by atoms with Crippen molar-refractivity contribution in [1.82, 2.24) is 14.9 Å². The van der Waals surface area contributed by atoms with Gasteiger partial charge < -0.3 is 10.3 Å². The average Bonchev–Trinajstić information content (AvgIpc) is 3.20. The van der Waals surface area contributed by atoms with Gasteiger partial charge in [0.05, 0.1) is 6.04 Å². The summed E-state index contributed by atoms with van der Waals surface area (Å²) in [6, 6.07) is 14.3. The molecule has 3 aromatic rings. The standard InChI is InChI=1S/C19H16FN3OS/c20-15-8-4-7-14-13(15)9-10-16(14)22-18(24)17-11-21-19(25)23(17)12-5-2-1-3-6-12/h1-8,11,16H,9-10H2,(H,21,25)(H,22,24). The van der Waals surface area contributed by atoms with Gasteiger partial charge in [-0.2, -0.15) is 0 Å². The van der Waals surface area contributed by atoms with E-state index >= 15 is 0 Å². The minimum absolute atomic E-state index is 0.189. The summed E-state index contributed by atoms with van der Waals surface area (Å²) in [4.78, 5) is 15.7. The second-order valence-electron chi connectivity index (χ2n) is 6.02. The van der Waals surface area contributed by atoms with Crippen molar-refractivity contribution in [3.05, 3.63) is 82.1 Å². The van der Waals surface area contributed by atoms with Crippen LogP contribution in [0.25, 0.3) is 5.69 Å². The summed E-state index contributed by atoms with van der Waals surface area (Å²) in [7, 11) is 0. The summed E-state index contributed by atoms with van der Waals surface area (Å²) < 4.78 is 16.0. The van der Waals surface area contributed by atoms with Crippen LogP contribution in [0.1, 0.15) is 34.1 Å². The maximum atomic E-state index is 13.9. The quantitative estimate of drug-likeness (QED) is 0.697. The Hall–Kier alpha value is -2.73. The van der Waals surface area contributed by atoms with Gasteiger partial charge in [-0.25, -0.2) is 4.39 Å². The number of nitrogens with zero attached hydrogens (tertiary/aromatic N) is 1. The number of halogens is 1. The molecule has 2 N–H and O–H groups in total. The van der Waals surface area contributed by atoms with Crippen LogP contribution < -0.4 is 5.32 Å². The first-order valence-corrected chi connectivity index (χ1v) is 8.50. The SMILES string of the molecule is O=C(NC1CCc2c(F)cccc21)c1c[nH]c(=S)n1-c1ccccc1. The smallest absolute Gasteiger partial charge is 0.270 e. The number of amides is 1. The molecule has 2 aromatic carbocycles. The van der Waals surface area contributed by atoms with Crippen LogP contribution in [-0.2, 0) is 6.42 Å². The van der Waals surface area contributed by atoms with Crippen molar-refractivity contribution < 1.29 is 9.18 Å². The van der Waals surface area contributed by atoms with E-state index in [1.165, 1.54) is 6.07 Å². The molecular weight excluding hydrogens is 337 g/mol. The topological polar surface area (TPSA) is 49.8 Å². The number of carbonyl (C=O) groups excluding carboxylic acids is 1. The number of para-hydroxylation sites is 1. The molecule has 0 spiro atoms. The van der Waals surface area contributed by atoms with E-state index in [1.54, 1.807) is 16.8 Å². The van der Waals surface area contributed by atoms with Crippen LogP contribution in [0.3, 0.4) is 0 Å². The van der Waals surface area contributed by atoms with Gasteiger partial charge in [-0.1, -0.05) is 30.3 Å². The molecule has 1 unspecified atom stereocenters. The van der Waals surface area contributed by atoms with Gasteiger partial charge in [-0.15, -0.1) is 0 Å². The minimum Gasteiger partial charge on any atom is -0.344 e. The molecular formula is C19H16FN3OS. The molecule has 0 saturated heterocycles. The summed E-state index contributed by atoms with van der Waals surface area (Å²) in [5.41, 5.74) is 2.80. The summed E-state index contributed by atoms with van der Waals surface area (Å²) in [5.74, 6) is -0.443. The molecule has 1 atom stereocenters. The number of carbonyl (C=O) groups is 1. The fourth-order valence-corrected chi connectivity index (χ4v) is 3.62. The van der Waals surface area contributed by atoms with Crippen LogP contribution in [0.15, 0.2) is 54.7 Å². The summed E-state index contributed by atoms with van der Waals surface area (Å²) in [5, 5.41) is 3.01. The van der Waals surface area contributed by atoms with Gasteiger partial charge in [0.1, 0.15) is 11.5 Å². The van der Waals surface area contributed by atoms with Crippen LogP contribution in [0.4, 0.5) is 4.39 Å². The largest absolute Gasteiger partial charge is 0.344 e. The normalized spacial score (nSPS) is 15.8. The van der Waals surface area contributed by atoms with E-state index in [0.717, 1.165) is 11.3 Å². The summed E-state index contributed by atoms with van der Waals surface area (Å²) in [6.07, 6.45) is 2.93. The van der Waals surface area contributed by atoms with E-state index < -0.39 is 0 Å². The first-order valence-electron chi connectivity index (χ1n) is 8.09. The van der Waals surface area contributed by atoms with Crippen LogP contribution in [0.5, 0.6) is 0 Å². The highest BCUT2D eigenvalue weighted by Gasteiger charge is 2.27. The number of aromatic amines is 1. The molecule has 25 heavy (non-hydrogen) atoms. The van der Waals surface area contributed by atoms with Gasteiger partial charge in [0.25, 0.3) is 5.91 Å². The molecule has 0 fully saturated rings. The fourth-order valence-electron chi connectivity index (χ4n) is 3.36. The number of hydrogen-bond acceptors (Lipinski definition) is 2. The van der Waals surface area contributed by atoms with Crippen molar-refractivity contribution in [2.45, 2.75) is 18.9 Å². The van der Waals surface area contributed by atoms with E-state index in [9.17, 15) is 9.18 Å². The molecule has 1 heterocycles. The van der Waals surface area contributed by atoms with E-state index in [4.69, 9.17) is 12.2 Å². The lowest BCUT2D eigenvalue weighted by atomic mass is 10.1. The lowest BCUT2D eigenvalue weighted by molar-refractivity contribution is 0.0929. The lowest BCUT2D eigenvalue weighted by Gasteiger charge is -2.15. The van der Waals surface area contributed by atoms with Gasteiger partial charge in [0.2, 0.25) is 0 Å². The summed E-state index contributed by atoms with van der Waals surface area (Å²) in [6.45, 7) is 0. The zero-order valence-electron chi connectivity index (χ0n) is 13.3. The maximum absolute atomic E-state index is 13.9. The van der Waals surface area contributed by atoms with Crippen LogP contribution in [-0.4, -0.2) is 15.5 Å². The molecule has 6 heteroatoms. The molecule has 1 amide bonds. The summed E-state index contributed by atoms with van der Waals surface area (Å²) >= 11 is 5.31. The third-order valence-electron chi connectivity index (χ3n) is 4.54. The molecule has 4 rings (SSSR count). The molecule has 0 bridgehead atoms. The number of imidazole rings is 1. The fraction of sp³-hybridized carbons (Fsp3) is 0.158. The second kappa shape index (κ2) is 6.29. The van der Waals surface area contributed by atoms with E-state index in [1.807, 2.05) is 36.4 Å². The van der Waals surface area contributed by atoms with Crippen molar-refractivity contribution in [3.63, 3.8) is 0 Å². The second-order valence-corrected chi connectivity index (χ2v) is 6.41. The maximum Gasteiger partial charge on any atom is 0.270 e. The Bertz CT molecular complexity index is 993. The monoisotopic (exact) mass is 353 g/mol. The highest BCUT2D eigenvalue weighted by Crippen LogP contribution is 2.32. The van der Waals surface area contributed by atoms with E-state index in [2.05, 4.69) is 10.3 Å². The van der Waals surface area contributed by atoms with E-state index in [0.29, 0.717) is 28.9 Å². The number of aromatic nitrogens is 2. The molecule has 4 nitrogen and oxygen atoms in total. The molecule has 0 saturated carbocycles. The van der Waals surface area contributed by atoms with Crippen molar-refractivity contribution in [3.8, 4) is 5.69 Å². The highest BCUT2D eigenvalue weighted by molar-refractivity contribution is 7.71. The van der Waals surface area contributed by atoms with Crippen LogP contribution in [0, 0.1) is 10.6 Å². The molecule has 1 aromatic heterocycles. The van der Waals surface area contributed by atoms with Crippen LogP contribution >= 0.6 is 12.2 Å². The zero-order chi connectivity index (χ0) is 17.4. The molecule has 1 aliphatic rings. The Morgan fingerprint density at radius 3 is 2.80 bits per heavy atom. The molecule has 126 valence electrons. The molecule has 0 radical (unpaired) electrons. The van der Waals surface area contributed by atoms with Crippen molar-refractivity contribution in [2.75, 3.05) is 0 Å². The average molecular weight is 353 g/mol. The van der Waals surface area contributed by atoms with Crippen molar-refractivity contribution in [1.29, 1.82) is 0 Å². The Morgan fingerprint density at radius 2 is 2.00 bits per heavy atom.